The average molecular weight is 318 g/mol. The van der Waals surface area contributed by atoms with Crippen LogP contribution in [-0.2, 0) is 16.0 Å². The molecule has 0 aromatic heterocycles. The zero-order valence-corrected chi connectivity index (χ0v) is 13.9. The molecule has 1 aromatic carbocycles. The lowest BCUT2D eigenvalue weighted by Crippen LogP contribution is -2.45. The van der Waals surface area contributed by atoms with Crippen LogP contribution in [0.2, 0.25) is 0 Å². The molecule has 1 heterocycles. The van der Waals surface area contributed by atoms with Crippen LogP contribution < -0.4 is 5.32 Å². The van der Waals surface area contributed by atoms with Crippen LogP contribution in [0.25, 0.3) is 0 Å². The first-order valence-electron chi connectivity index (χ1n) is 8.29. The molecule has 23 heavy (non-hydrogen) atoms. The number of aliphatic hydroxyl groups excluding tert-OH is 1. The minimum Gasteiger partial charge on any atom is -0.393 e. The number of rotatable bonds is 5. The van der Waals surface area contributed by atoms with E-state index < -0.39 is 17.9 Å². The quantitative estimate of drug-likeness (QED) is 0.805. The van der Waals surface area contributed by atoms with E-state index in [1.54, 1.807) is 6.92 Å². The van der Waals surface area contributed by atoms with Gasteiger partial charge < -0.3 is 15.3 Å². The van der Waals surface area contributed by atoms with Crippen molar-refractivity contribution in [2.45, 2.75) is 45.3 Å². The second-order valence-corrected chi connectivity index (χ2v) is 6.44. The standard InChI is InChI=1S/C18H26N2O3/c1-13(8-9-15-6-4-3-5-7-15)19-17(22)18(23)20-11-10-16(12-20)14(2)21/h3-7,13-14,16,21H,8-12H2,1-2H3,(H,19,22)/t13-,14+,16+/m1/s1. The summed E-state index contributed by atoms with van der Waals surface area (Å²) in [6, 6.07) is 10.0. The Kier molecular flexibility index (Phi) is 6.16. The molecule has 0 aliphatic carbocycles. The predicted molar refractivity (Wildman–Crippen MR) is 88.7 cm³/mol. The molecule has 1 saturated heterocycles. The van der Waals surface area contributed by atoms with Gasteiger partial charge >= 0.3 is 11.8 Å². The van der Waals surface area contributed by atoms with E-state index >= 15 is 0 Å². The number of hydrogen-bond donors (Lipinski definition) is 2. The zero-order valence-electron chi connectivity index (χ0n) is 13.9. The highest BCUT2D eigenvalue weighted by Crippen LogP contribution is 2.19. The van der Waals surface area contributed by atoms with E-state index in [1.165, 1.54) is 10.5 Å². The second kappa shape index (κ2) is 8.11. The molecule has 3 atom stereocenters. The van der Waals surface area contributed by atoms with Crippen molar-refractivity contribution >= 4 is 11.8 Å². The lowest BCUT2D eigenvalue weighted by atomic mass is 10.0. The number of aryl methyl sites for hydroxylation is 1. The molecule has 5 heteroatoms. The Hall–Kier alpha value is -1.88. The average Bonchev–Trinajstić information content (AvgIpc) is 3.03. The molecule has 0 spiro atoms. The van der Waals surface area contributed by atoms with Crippen LogP contribution in [0.15, 0.2) is 30.3 Å². The molecule has 1 fully saturated rings. The summed E-state index contributed by atoms with van der Waals surface area (Å²) in [6.07, 6.45) is 1.96. The zero-order chi connectivity index (χ0) is 16.8. The van der Waals surface area contributed by atoms with Crippen molar-refractivity contribution in [1.29, 1.82) is 0 Å². The maximum absolute atomic E-state index is 12.2. The van der Waals surface area contributed by atoms with Crippen LogP contribution in [0.3, 0.4) is 0 Å². The number of hydrogen-bond acceptors (Lipinski definition) is 3. The maximum atomic E-state index is 12.2. The Balaban J connectivity index is 1.76. The van der Waals surface area contributed by atoms with E-state index in [9.17, 15) is 14.7 Å². The Labute approximate surface area is 137 Å². The number of aliphatic hydroxyl groups is 1. The van der Waals surface area contributed by atoms with Gasteiger partial charge in [-0.3, -0.25) is 9.59 Å². The van der Waals surface area contributed by atoms with E-state index in [2.05, 4.69) is 17.4 Å². The number of benzene rings is 1. The van der Waals surface area contributed by atoms with Gasteiger partial charge in [0.15, 0.2) is 0 Å². The first-order chi connectivity index (χ1) is 11.0. The normalized spacial score (nSPS) is 20.1. The molecule has 0 saturated carbocycles. The van der Waals surface area contributed by atoms with E-state index in [1.807, 2.05) is 25.1 Å². The predicted octanol–water partition coefficient (Wildman–Crippen LogP) is 1.35. The van der Waals surface area contributed by atoms with Gasteiger partial charge in [0.2, 0.25) is 0 Å². The maximum Gasteiger partial charge on any atom is 0.311 e. The molecule has 2 amide bonds. The van der Waals surface area contributed by atoms with Gasteiger partial charge in [-0.2, -0.15) is 0 Å². The highest BCUT2D eigenvalue weighted by atomic mass is 16.3. The van der Waals surface area contributed by atoms with Crippen molar-refractivity contribution < 1.29 is 14.7 Å². The summed E-state index contributed by atoms with van der Waals surface area (Å²) >= 11 is 0. The van der Waals surface area contributed by atoms with Crippen LogP contribution >= 0.6 is 0 Å². The van der Waals surface area contributed by atoms with Gasteiger partial charge in [-0.1, -0.05) is 30.3 Å². The summed E-state index contributed by atoms with van der Waals surface area (Å²) in [7, 11) is 0. The van der Waals surface area contributed by atoms with E-state index in [-0.39, 0.29) is 12.0 Å². The van der Waals surface area contributed by atoms with Gasteiger partial charge in [0.05, 0.1) is 6.10 Å². The summed E-state index contributed by atoms with van der Waals surface area (Å²) < 4.78 is 0. The van der Waals surface area contributed by atoms with Crippen molar-refractivity contribution in [3.8, 4) is 0 Å². The SMILES string of the molecule is C[C@H](CCc1ccccc1)NC(=O)C(=O)N1CC[C@H]([C@H](C)O)C1. The molecule has 1 aliphatic heterocycles. The van der Waals surface area contributed by atoms with Crippen LogP contribution in [0.1, 0.15) is 32.3 Å². The van der Waals surface area contributed by atoms with Crippen molar-refractivity contribution in [2.24, 2.45) is 5.92 Å². The number of nitrogens with zero attached hydrogens (tertiary/aromatic N) is 1. The highest BCUT2D eigenvalue weighted by Gasteiger charge is 2.32. The fraction of sp³-hybridized carbons (Fsp3) is 0.556. The van der Waals surface area contributed by atoms with Crippen LogP contribution in [0.5, 0.6) is 0 Å². The Morgan fingerprint density at radius 2 is 2.00 bits per heavy atom. The lowest BCUT2D eigenvalue weighted by Gasteiger charge is -2.19. The fourth-order valence-corrected chi connectivity index (χ4v) is 2.89. The summed E-state index contributed by atoms with van der Waals surface area (Å²) in [6.45, 7) is 4.64. The van der Waals surface area contributed by atoms with E-state index in [0.717, 1.165) is 19.3 Å². The molecule has 2 rings (SSSR count). The van der Waals surface area contributed by atoms with Crippen molar-refractivity contribution in [1.82, 2.24) is 10.2 Å². The van der Waals surface area contributed by atoms with Crippen molar-refractivity contribution in [3.63, 3.8) is 0 Å². The van der Waals surface area contributed by atoms with Gasteiger partial charge in [0, 0.05) is 25.0 Å². The van der Waals surface area contributed by atoms with Gasteiger partial charge in [0.25, 0.3) is 0 Å². The molecule has 2 N–H and O–H groups in total. The van der Waals surface area contributed by atoms with Gasteiger partial charge in [-0.15, -0.1) is 0 Å². The number of carbonyl (C=O) groups is 2. The summed E-state index contributed by atoms with van der Waals surface area (Å²) in [5, 5.41) is 12.4. The van der Waals surface area contributed by atoms with E-state index in [0.29, 0.717) is 13.1 Å². The second-order valence-electron chi connectivity index (χ2n) is 6.44. The van der Waals surface area contributed by atoms with Gasteiger partial charge in [-0.25, -0.2) is 0 Å². The van der Waals surface area contributed by atoms with Gasteiger partial charge in [0.1, 0.15) is 0 Å². The molecule has 0 bridgehead atoms. The largest absolute Gasteiger partial charge is 0.393 e. The van der Waals surface area contributed by atoms with E-state index in [4.69, 9.17) is 0 Å². The number of amides is 2. The molecule has 1 aliphatic rings. The smallest absolute Gasteiger partial charge is 0.311 e. The monoisotopic (exact) mass is 318 g/mol. The number of nitrogens with one attached hydrogen (secondary N) is 1. The minimum absolute atomic E-state index is 0.0539. The molecule has 0 radical (unpaired) electrons. The molecule has 5 nitrogen and oxygen atoms in total. The minimum atomic E-state index is -0.545. The topological polar surface area (TPSA) is 69.6 Å². The Morgan fingerprint density at radius 3 is 2.61 bits per heavy atom. The van der Waals surface area contributed by atoms with Crippen LogP contribution in [0, 0.1) is 5.92 Å². The highest BCUT2D eigenvalue weighted by molar-refractivity contribution is 6.35. The number of carbonyl (C=O) groups excluding carboxylic acids is 2. The van der Waals surface area contributed by atoms with Gasteiger partial charge in [-0.05, 0) is 38.7 Å². The van der Waals surface area contributed by atoms with Crippen molar-refractivity contribution in [2.75, 3.05) is 13.1 Å². The Bertz CT molecular complexity index is 530. The third kappa shape index (κ3) is 5.06. The third-order valence-corrected chi connectivity index (χ3v) is 4.47. The van der Waals surface area contributed by atoms with Crippen LogP contribution in [-0.4, -0.2) is 47.1 Å². The fourth-order valence-electron chi connectivity index (χ4n) is 2.89. The summed E-state index contributed by atoms with van der Waals surface area (Å²) in [4.78, 5) is 25.8. The molecule has 126 valence electrons. The molecular formula is C18H26N2O3. The molecule has 1 aromatic rings. The number of likely N-dealkylation sites (tertiary alicyclic amines) is 1. The third-order valence-electron chi connectivity index (χ3n) is 4.47. The summed E-state index contributed by atoms with van der Waals surface area (Å²) in [5.74, 6) is -0.959. The first kappa shape index (κ1) is 17.5. The van der Waals surface area contributed by atoms with Crippen LogP contribution in [0.4, 0.5) is 0 Å². The lowest BCUT2D eigenvalue weighted by molar-refractivity contribution is -0.145. The Morgan fingerprint density at radius 1 is 1.30 bits per heavy atom. The first-order valence-corrected chi connectivity index (χ1v) is 8.29. The van der Waals surface area contributed by atoms with Crippen molar-refractivity contribution in [3.05, 3.63) is 35.9 Å². The molecular weight excluding hydrogens is 292 g/mol. The summed E-state index contributed by atoms with van der Waals surface area (Å²) in [5.41, 5.74) is 1.22. The molecule has 0 unspecified atom stereocenters.